The van der Waals surface area contributed by atoms with Gasteiger partial charge in [-0.25, -0.2) is 0 Å². The van der Waals surface area contributed by atoms with Gasteiger partial charge in [-0.2, -0.15) is 0 Å². The first-order chi connectivity index (χ1) is 8.56. The summed E-state index contributed by atoms with van der Waals surface area (Å²) < 4.78 is 10.3. The number of rotatable bonds is 3. The first-order valence-corrected chi connectivity index (χ1v) is 5.29. The van der Waals surface area contributed by atoms with Crippen LogP contribution in [0.3, 0.4) is 0 Å². The number of benzene rings is 1. The molecule has 1 aliphatic rings. The number of carbonyl (C=O) groups excluding carboxylic acids is 2. The zero-order valence-corrected chi connectivity index (χ0v) is 9.78. The zero-order valence-electron chi connectivity index (χ0n) is 9.78. The Bertz CT molecular complexity index is 501. The topological polar surface area (TPSA) is 103 Å². The highest BCUT2D eigenvalue weighted by Gasteiger charge is 2.17. The second-order valence-electron chi connectivity index (χ2n) is 3.75. The molecule has 0 saturated heterocycles. The average Bonchev–Trinajstić information content (AvgIpc) is 2.74. The van der Waals surface area contributed by atoms with E-state index in [-0.39, 0.29) is 25.2 Å². The van der Waals surface area contributed by atoms with Crippen molar-refractivity contribution in [3.8, 4) is 11.5 Å². The van der Waals surface area contributed by atoms with Crippen LogP contribution in [0.15, 0.2) is 12.1 Å². The SMILES string of the molecule is CC(=O)NCC(=O)Nc1cc2c(cc1N)OCO2. The standard InChI is InChI=1S/C11H13N3O4/c1-6(15)13-4-11(16)14-8-3-10-9(2-7(8)12)17-5-18-10/h2-3H,4-5,12H2,1H3,(H,13,15)(H,14,16). The van der Waals surface area contributed by atoms with E-state index in [1.54, 1.807) is 12.1 Å². The number of hydrogen-bond acceptors (Lipinski definition) is 5. The highest BCUT2D eigenvalue weighted by Crippen LogP contribution is 2.38. The number of nitrogen functional groups attached to an aromatic ring is 1. The molecule has 0 spiro atoms. The minimum atomic E-state index is -0.365. The van der Waals surface area contributed by atoms with Gasteiger partial charge in [0.1, 0.15) is 0 Å². The van der Waals surface area contributed by atoms with E-state index in [2.05, 4.69) is 10.6 Å². The fourth-order valence-corrected chi connectivity index (χ4v) is 1.47. The zero-order chi connectivity index (χ0) is 13.1. The van der Waals surface area contributed by atoms with Crippen LogP contribution in [-0.2, 0) is 9.59 Å². The largest absolute Gasteiger partial charge is 0.454 e. The van der Waals surface area contributed by atoms with Crippen LogP contribution in [0.1, 0.15) is 6.92 Å². The molecule has 0 aromatic heterocycles. The molecular formula is C11H13N3O4. The molecule has 1 aliphatic heterocycles. The molecule has 0 atom stereocenters. The van der Waals surface area contributed by atoms with Gasteiger partial charge in [0.2, 0.25) is 18.6 Å². The third kappa shape index (κ3) is 2.62. The molecule has 7 nitrogen and oxygen atoms in total. The summed E-state index contributed by atoms with van der Waals surface area (Å²) in [5, 5.41) is 4.97. The van der Waals surface area contributed by atoms with Crippen LogP contribution in [0.5, 0.6) is 11.5 Å². The maximum absolute atomic E-state index is 11.5. The van der Waals surface area contributed by atoms with Crippen molar-refractivity contribution in [2.24, 2.45) is 0 Å². The van der Waals surface area contributed by atoms with E-state index in [0.29, 0.717) is 22.9 Å². The van der Waals surface area contributed by atoms with Crippen molar-refractivity contribution in [3.63, 3.8) is 0 Å². The molecule has 0 bridgehead atoms. The summed E-state index contributed by atoms with van der Waals surface area (Å²) in [6.07, 6.45) is 0. The van der Waals surface area contributed by atoms with Crippen LogP contribution in [0.4, 0.5) is 11.4 Å². The van der Waals surface area contributed by atoms with E-state index in [1.807, 2.05) is 0 Å². The lowest BCUT2D eigenvalue weighted by atomic mass is 10.2. The fraction of sp³-hybridized carbons (Fsp3) is 0.273. The molecule has 1 heterocycles. The van der Waals surface area contributed by atoms with E-state index < -0.39 is 0 Å². The van der Waals surface area contributed by atoms with Crippen LogP contribution in [0, 0.1) is 0 Å². The Kier molecular flexibility index (Phi) is 3.22. The Morgan fingerprint density at radius 2 is 2.00 bits per heavy atom. The quantitative estimate of drug-likeness (QED) is 0.660. The molecule has 18 heavy (non-hydrogen) atoms. The summed E-state index contributed by atoms with van der Waals surface area (Å²) in [5.41, 5.74) is 6.56. The number of hydrogen-bond donors (Lipinski definition) is 3. The lowest BCUT2D eigenvalue weighted by Gasteiger charge is -2.09. The Morgan fingerprint density at radius 3 is 2.67 bits per heavy atom. The number of fused-ring (bicyclic) bond motifs is 1. The van der Waals surface area contributed by atoms with E-state index in [0.717, 1.165) is 0 Å². The number of ether oxygens (including phenoxy) is 2. The average molecular weight is 251 g/mol. The molecule has 0 saturated carbocycles. The van der Waals surface area contributed by atoms with Gasteiger partial charge >= 0.3 is 0 Å². The molecule has 1 aromatic carbocycles. The minimum Gasteiger partial charge on any atom is -0.454 e. The van der Waals surface area contributed by atoms with Crippen molar-refractivity contribution in [1.29, 1.82) is 0 Å². The highest BCUT2D eigenvalue weighted by molar-refractivity contribution is 5.97. The van der Waals surface area contributed by atoms with Crippen molar-refractivity contribution in [2.45, 2.75) is 6.92 Å². The predicted octanol–water partition coefficient (Wildman–Crippen LogP) is 0.0721. The summed E-state index contributed by atoms with van der Waals surface area (Å²) in [5.74, 6) is 0.436. The molecule has 4 N–H and O–H groups in total. The van der Waals surface area contributed by atoms with Crippen LogP contribution in [0.2, 0.25) is 0 Å². The molecule has 0 radical (unpaired) electrons. The molecule has 0 unspecified atom stereocenters. The van der Waals surface area contributed by atoms with Crippen LogP contribution < -0.4 is 25.8 Å². The fourth-order valence-electron chi connectivity index (χ4n) is 1.47. The first-order valence-electron chi connectivity index (χ1n) is 5.29. The Balaban J connectivity index is 2.05. The monoisotopic (exact) mass is 251 g/mol. The second-order valence-corrected chi connectivity index (χ2v) is 3.75. The lowest BCUT2D eigenvalue weighted by molar-refractivity contribution is -0.122. The van der Waals surface area contributed by atoms with Gasteiger partial charge in [-0.15, -0.1) is 0 Å². The smallest absolute Gasteiger partial charge is 0.243 e. The Labute approximate surface area is 103 Å². The number of carbonyl (C=O) groups is 2. The summed E-state index contributed by atoms with van der Waals surface area (Å²) in [6, 6.07) is 3.17. The van der Waals surface area contributed by atoms with Crippen LogP contribution >= 0.6 is 0 Å². The molecule has 0 aliphatic carbocycles. The van der Waals surface area contributed by atoms with E-state index in [9.17, 15) is 9.59 Å². The van der Waals surface area contributed by atoms with Gasteiger partial charge in [0, 0.05) is 19.1 Å². The van der Waals surface area contributed by atoms with Gasteiger partial charge in [0.15, 0.2) is 11.5 Å². The number of amides is 2. The summed E-state index contributed by atoms with van der Waals surface area (Å²) in [6.45, 7) is 1.36. The minimum absolute atomic E-state index is 0.108. The van der Waals surface area contributed by atoms with Crippen LogP contribution in [-0.4, -0.2) is 25.2 Å². The van der Waals surface area contributed by atoms with Gasteiger partial charge < -0.3 is 25.8 Å². The number of anilines is 2. The van der Waals surface area contributed by atoms with Gasteiger partial charge in [0.05, 0.1) is 17.9 Å². The summed E-state index contributed by atoms with van der Waals surface area (Å²) in [7, 11) is 0. The van der Waals surface area contributed by atoms with Gasteiger partial charge in [0.25, 0.3) is 0 Å². The lowest BCUT2D eigenvalue weighted by Crippen LogP contribution is -2.31. The van der Waals surface area contributed by atoms with Crippen molar-refractivity contribution in [2.75, 3.05) is 24.4 Å². The molecule has 2 rings (SSSR count). The summed E-state index contributed by atoms with van der Waals surface area (Å²) >= 11 is 0. The van der Waals surface area contributed by atoms with E-state index in [4.69, 9.17) is 15.2 Å². The van der Waals surface area contributed by atoms with Crippen molar-refractivity contribution in [3.05, 3.63) is 12.1 Å². The number of nitrogens with one attached hydrogen (secondary N) is 2. The summed E-state index contributed by atoms with van der Waals surface area (Å²) in [4.78, 5) is 22.2. The van der Waals surface area contributed by atoms with Crippen molar-refractivity contribution < 1.29 is 19.1 Å². The maximum Gasteiger partial charge on any atom is 0.243 e. The van der Waals surface area contributed by atoms with Gasteiger partial charge in [-0.05, 0) is 0 Å². The molecule has 96 valence electrons. The van der Waals surface area contributed by atoms with Crippen molar-refractivity contribution in [1.82, 2.24) is 5.32 Å². The molecule has 7 heteroatoms. The van der Waals surface area contributed by atoms with E-state index in [1.165, 1.54) is 6.92 Å². The third-order valence-electron chi connectivity index (χ3n) is 2.32. The third-order valence-corrected chi connectivity index (χ3v) is 2.32. The number of nitrogens with two attached hydrogens (primary N) is 1. The predicted molar refractivity (Wildman–Crippen MR) is 64.3 cm³/mol. The van der Waals surface area contributed by atoms with Crippen LogP contribution in [0.25, 0.3) is 0 Å². The second kappa shape index (κ2) is 4.82. The first kappa shape index (κ1) is 12.0. The van der Waals surface area contributed by atoms with E-state index >= 15 is 0 Å². The molecule has 2 amide bonds. The van der Waals surface area contributed by atoms with Gasteiger partial charge in [-0.3, -0.25) is 9.59 Å². The Morgan fingerprint density at radius 1 is 1.33 bits per heavy atom. The normalized spacial score (nSPS) is 12.1. The molecular weight excluding hydrogens is 238 g/mol. The van der Waals surface area contributed by atoms with Crippen molar-refractivity contribution >= 4 is 23.2 Å². The maximum atomic E-state index is 11.5. The molecule has 1 aromatic rings. The van der Waals surface area contributed by atoms with Gasteiger partial charge in [-0.1, -0.05) is 0 Å². The Hall–Kier alpha value is -2.44. The molecule has 0 fully saturated rings. The highest BCUT2D eigenvalue weighted by atomic mass is 16.7.